The van der Waals surface area contributed by atoms with E-state index < -0.39 is 5.97 Å². The fraction of sp³-hybridized carbons (Fsp3) is 0.333. The molecule has 0 unspecified atom stereocenters. The van der Waals surface area contributed by atoms with Gasteiger partial charge >= 0.3 is 12.0 Å². The highest BCUT2D eigenvalue weighted by Gasteiger charge is 2.26. The smallest absolute Gasteiger partial charge is 0.323 e. The average Bonchev–Trinajstić information content (AvgIpc) is 2.69. The summed E-state index contributed by atoms with van der Waals surface area (Å²) >= 11 is 0. The first-order valence-electron chi connectivity index (χ1n) is 9.10. The number of methoxy groups -OCH3 is 1. The number of hydrogen-bond donors (Lipinski definition) is 3. The molecule has 0 spiro atoms. The normalized spacial score (nSPS) is 19.1. The molecule has 0 saturated heterocycles. The number of benzene rings is 2. The number of aliphatic carboxylic acids is 1. The number of hydrogen-bond acceptors (Lipinski definition) is 3. The van der Waals surface area contributed by atoms with E-state index in [-0.39, 0.29) is 11.9 Å². The lowest BCUT2D eigenvalue weighted by Gasteiger charge is -2.26. The molecular formula is C21H24N2O4. The molecule has 2 amide bonds. The van der Waals surface area contributed by atoms with Gasteiger partial charge in [-0.25, -0.2) is 4.79 Å². The van der Waals surface area contributed by atoms with Crippen LogP contribution in [0.1, 0.15) is 37.2 Å². The van der Waals surface area contributed by atoms with Crippen molar-refractivity contribution in [3.8, 4) is 5.75 Å². The Balaban J connectivity index is 1.56. The minimum atomic E-state index is -0.686. The second-order valence-corrected chi connectivity index (χ2v) is 6.79. The minimum Gasteiger partial charge on any atom is -0.495 e. The zero-order valence-corrected chi connectivity index (χ0v) is 15.3. The van der Waals surface area contributed by atoms with Gasteiger partial charge in [-0.1, -0.05) is 24.3 Å². The zero-order chi connectivity index (χ0) is 19.2. The molecule has 1 aliphatic carbocycles. The van der Waals surface area contributed by atoms with Gasteiger partial charge in [0.25, 0.3) is 0 Å². The molecule has 3 N–H and O–H groups in total. The lowest BCUT2D eigenvalue weighted by molar-refractivity contribution is -0.142. The second-order valence-electron chi connectivity index (χ2n) is 6.79. The fourth-order valence-corrected chi connectivity index (χ4v) is 3.54. The van der Waals surface area contributed by atoms with E-state index in [0.29, 0.717) is 23.0 Å². The molecule has 1 fully saturated rings. The molecule has 0 bridgehead atoms. The van der Waals surface area contributed by atoms with Gasteiger partial charge in [-0.2, -0.15) is 0 Å². The maximum Gasteiger partial charge on any atom is 0.323 e. The van der Waals surface area contributed by atoms with Crippen LogP contribution in [0, 0.1) is 5.92 Å². The van der Waals surface area contributed by atoms with E-state index in [1.807, 2.05) is 36.4 Å². The van der Waals surface area contributed by atoms with E-state index in [1.165, 1.54) is 5.56 Å². The van der Waals surface area contributed by atoms with Crippen LogP contribution in [0.15, 0.2) is 48.5 Å². The first-order valence-corrected chi connectivity index (χ1v) is 9.10. The van der Waals surface area contributed by atoms with Crippen LogP contribution in [0.5, 0.6) is 5.75 Å². The summed E-state index contributed by atoms with van der Waals surface area (Å²) in [5, 5.41) is 14.7. The highest BCUT2D eigenvalue weighted by Crippen LogP contribution is 2.36. The summed E-state index contributed by atoms with van der Waals surface area (Å²) in [5.74, 6) is 0.0898. The van der Waals surface area contributed by atoms with E-state index in [2.05, 4.69) is 10.6 Å². The van der Waals surface area contributed by atoms with Gasteiger partial charge in [-0.3, -0.25) is 4.79 Å². The van der Waals surface area contributed by atoms with Crippen LogP contribution in [0.4, 0.5) is 16.2 Å². The Morgan fingerprint density at radius 2 is 1.63 bits per heavy atom. The lowest BCUT2D eigenvalue weighted by Crippen LogP contribution is -2.21. The summed E-state index contributed by atoms with van der Waals surface area (Å²) in [6.45, 7) is 0. The second kappa shape index (κ2) is 8.58. The number of carboxylic acid groups (broad SMARTS) is 1. The highest BCUT2D eigenvalue weighted by molar-refractivity contribution is 6.00. The largest absolute Gasteiger partial charge is 0.495 e. The Morgan fingerprint density at radius 3 is 2.26 bits per heavy atom. The number of para-hydroxylation sites is 2. The lowest BCUT2D eigenvalue weighted by atomic mass is 9.79. The van der Waals surface area contributed by atoms with Gasteiger partial charge in [0, 0.05) is 5.69 Å². The topological polar surface area (TPSA) is 87.7 Å². The molecule has 2 aromatic carbocycles. The maximum absolute atomic E-state index is 12.2. The van der Waals surface area contributed by atoms with E-state index >= 15 is 0 Å². The van der Waals surface area contributed by atoms with Gasteiger partial charge in [-0.15, -0.1) is 0 Å². The summed E-state index contributed by atoms with van der Waals surface area (Å²) in [6.07, 6.45) is 3.22. The zero-order valence-electron chi connectivity index (χ0n) is 15.3. The third kappa shape index (κ3) is 4.78. The molecule has 142 valence electrons. The summed E-state index contributed by atoms with van der Waals surface area (Å²) in [4.78, 5) is 23.3. The van der Waals surface area contributed by atoms with Gasteiger partial charge in [0.2, 0.25) is 0 Å². The van der Waals surface area contributed by atoms with Crippen molar-refractivity contribution in [3.63, 3.8) is 0 Å². The van der Waals surface area contributed by atoms with Crippen molar-refractivity contribution in [2.75, 3.05) is 17.7 Å². The number of carbonyl (C=O) groups excluding carboxylic acids is 1. The quantitative estimate of drug-likeness (QED) is 0.714. The number of anilines is 2. The van der Waals surface area contributed by atoms with Crippen molar-refractivity contribution >= 4 is 23.4 Å². The van der Waals surface area contributed by atoms with Crippen molar-refractivity contribution < 1.29 is 19.4 Å². The van der Waals surface area contributed by atoms with Gasteiger partial charge in [-0.05, 0) is 61.4 Å². The van der Waals surface area contributed by atoms with E-state index in [1.54, 1.807) is 19.2 Å². The summed E-state index contributed by atoms with van der Waals surface area (Å²) in [7, 11) is 1.56. The monoisotopic (exact) mass is 368 g/mol. The standard InChI is InChI=1S/C21H24N2O4/c1-27-19-5-3-2-4-18(19)23-21(26)22-17-12-10-15(11-13-17)14-6-8-16(9-7-14)20(24)25/h2-5,10-14,16H,6-9H2,1H3,(H,24,25)(H2,22,23,26). The van der Waals surface area contributed by atoms with Crippen molar-refractivity contribution in [1.29, 1.82) is 0 Å². The van der Waals surface area contributed by atoms with Gasteiger partial charge in [0.15, 0.2) is 0 Å². The molecule has 6 nitrogen and oxygen atoms in total. The average molecular weight is 368 g/mol. The number of ether oxygens (including phenoxy) is 1. The Hall–Kier alpha value is -3.02. The molecule has 2 aromatic rings. The first kappa shape index (κ1) is 18.8. The molecule has 1 saturated carbocycles. The van der Waals surface area contributed by atoms with Crippen molar-refractivity contribution in [2.24, 2.45) is 5.92 Å². The fourth-order valence-electron chi connectivity index (χ4n) is 3.54. The number of amides is 2. The summed E-state index contributed by atoms with van der Waals surface area (Å²) in [5.41, 5.74) is 2.49. The Morgan fingerprint density at radius 1 is 0.963 bits per heavy atom. The van der Waals surface area contributed by atoms with Gasteiger partial charge in [0.05, 0.1) is 18.7 Å². The Kier molecular flexibility index (Phi) is 5.96. The van der Waals surface area contributed by atoms with Crippen molar-refractivity contribution in [2.45, 2.75) is 31.6 Å². The van der Waals surface area contributed by atoms with Crippen LogP contribution < -0.4 is 15.4 Å². The number of carbonyl (C=O) groups is 2. The van der Waals surface area contributed by atoms with Crippen molar-refractivity contribution in [3.05, 3.63) is 54.1 Å². The molecule has 3 rings (SSSR count). The molecular weight excluding hydrogens is 344 g/mol. The third-order valence-corrected chi connectivity index (χ3v) is 5.07. The molecule has 0 radical (unpaired) electrons. The Bertz CT molecular complexity index is 796. The Labute approximate surface area is 158 Å². The van der Waals surface area contributed by atoms with Gasteiger partial charge < -0.3 is 20.5 Å². The SMILES string of the molecule is COc1ccccc1NC(=O)Nc1ccc(C2CCC(C(=O)O)CC2)cc1. The molecule has 1 aliphatic rings. The number of carboxylic acids is 1. The summed E-state index contributed by atoms with van der Waals surface area (Å²) < 4.78 is 5.22. The van der Waals surface area contributed by atoms with Crippen LogP contribution >= 0.6 is 0 Å². The van der Waals surface area contributed by atoms with E-state index in [0.717, 1.165) is 25.7 Å². The maximum atomic E-state index is 12.2. The van der Waals surface area contributed by atoms with E-state index in [9.17, 15) is 9.59 Å². The van der Waals surface area contributed by atoms with Crippen molar-refractivity contribution in [1.82, 2.24) is 0 Å². The number of urea groups is 1. The molecule has 27 heavy (non-hydrogen) atoms. The molecule has 0 aliphatic heterocycles. The molecule has 0 heterocycles. The highest BCUT2D eigenvalue weighted by atomic mass is 16.5. The van der Waals surface area contributed by atoms with E-state index in [4.69, 9.17) is 9.84 Å². The minimum absolute atomic E-state index is 0.208. The predicted molar refractivity (Wildman–Crippen MR) is 104 cm³/mol. The van der Waals surface area contributed by atoms with Crippen LogP contribution in [0.2, 0.25) is 0 Å². The summed E-state index contributed by atoms with van der Waals surface area (Å²) in [6, 6.07) is 14.6. The van der Waals surface area contributed by atoms with Crippen LogP contribution in [-0.2, 0) is 4.79 Å². The first-order chi connectivity index (χ1) is 13.1. The third-order valence-electron chi connectivity index (χ3n) is 5.07. The van der Waals surface area contributed by atoms with Gasteiger partial charge in [0.1, 0.15) is 5.75 Å². The molecule has 0 atom stereocenters. The predicted octanol–water partition coefficient (Wildman–Crippen LogP) is 4.70. The molecule has 6 heteroatoms. The molecule has 0 aromatic heterocycles. The van der Waals surface area contributed by atoms with Crippen LogP contribution in [-0.4, -0.2) is 24.2 Å². The number of rotatable bonds is 5. The number of nitrogens with one attached hydrogen (secondary N) is 2. The van der Waals surface area contributed by atoms with Crippen LogP contribution in [0.25, 0.3) is 0 Å². The van der Waals surface area contributed by atoms with Crippen LogP contribution in [0.3, 0.4) is 0 Å².